The lowest BCUT2D eigenvalue weighted by molar-refractivity contribution is 0.0954. The summed E-state index contributed by atoms with van der Waals surface area (Å²) < 4.78 is 1.01. The molecule has 1 aliphatic heterocycles. The zero-order valence-electron chi connectivity index (χ0n) is 19.6. The standard InChI is InChI=1S/C28H30N4O2S/c33-24-9-6-20(7-10-24)12-15-29-27(34)22-8-11-25-26(18-22)35-28(31-25)30-23-13-16-32(17-14-23)19-21-4-2-1-3-5-21/h1-11,18,23,33H,12-17,19H2,(H,29,34)(H,30,31). The zero-order valence-corrected chi connectivity index (χ0v) is 20.4. The van der Waals surface area contributed by atoms with Crippen molar-refractivity contribution < 1.29 is 9.90 Å². The van der Waals surface area contributed by atoms with Crippen LogP contribution in [0.2, 0.25) is 0 Å². The van der Waals surface area contributed by atoms with Crippen molar-refractivity contribution >= 4 is 32.6 Å². The summed E-state index contributed by atoms with van der Waals surface area (Å²) in [6, 6.07) is 23.8. The number of hydrogen-bond acceptors (Lipinski definition) is 6. The third kappa shape index (κ3) is 6.18. The number of thiazole rings is 1. The first kappa shape index (κ1) is 23.3. The quantitative estimate of drug-likeness (QED) is 0.325. The summed E-state index contributed by atoms with van der Waals surface area (Å²) in [5, 5.41) is 16.9. The van der Waals surface area contributed by atoms with Gasteiger partial charge in [-0.3, -0.25) is 9.69 Å². The van der Waals surface area contributed by atoms with Gasteiger partial charge >= 0.3 is 0 Å². The highest BCUT2D eigenvalue weighted by molar-refractivity contribution is 7.22. The minimum Gasteiger partial charge on any atom is -0.508 e. The van der Waals surface area contributed by atoms with Gasteiger partial charge in [0.15, 0.2) is 5.13 Å². The number of fused-ring (bicyclic) bond motifs is 1. The van der Waals surface area contributed by atoms with Crippen molar-refractivity contribution in [2.45, 2.75) is 31.8 Å². The molecule has 3 aromatic carbocycles. The van der Waals surface area contributed by atoms with E-state index in [-0.39, 0.29) is 11.7 Å². The van der Waals surface area contributed by atoms with Gasteiger partial charge in [-0.15, -0.1) is 0 Å². The number of amides is 1. The Morgan fingerprint density at radius 1 is 1.00 bits per heavy atom. The molecule has 0 saturated carbocycles. The number of likely N-dealkylation sites (tertiary alicyclic amines) is 1. The van der Waals surface area contributed by atoms with Crippen molar-refractivity contribution in [3.05, 3.63) is 89.5 Å². The zero-order chi connectivity index (χ0) is 24.0. The monoisotopic (exact) mass is 486 g/mol. The number of anilines is 1. The fourth-order valence-electron chi connectivity index (χ4n) is 4.46. The molecule has 0 unspecified atom stereocenters. The Morgan fingerprint density at radius 3 is 2.54 bits per heavy atom. The first-order chi connectivity index (χ1) is 17.1. The molecule has 1 aliphatic rings. The number of carbonyl (C=O) groups is 1. The van der Waals surface area contributed by atoms with Gasteiger partial charge in [0.1, 0.15) is 5.75 Å². The third-order valence-corrected chi connectivity index (χ3v) is 7.40. The smallest absolute Gasteiger partial charge is 0.251 e. The van der Waals surface area contributed by atoms with Gasteiger partial charge in [0.25, 0.3) is 5.91 Å². The molecular weight excluding hydrogens is 456 g/mol. The molecule has 180 valence electrons. The second kappa shape index (κ2) is 10.9. The minimum absolute atomic E-state index is 0.0839. The normalized spacial score (nSPS) is 14.7. The van der Waals surface area contributed by atoms with Gasteiger partial charge < -0.3 is 15.7 Å². The van der Waals surface area contributed by atoms with E-state index < -0.39 is 0 Å². The fraction of sp³-hybridized carbons (Fsp3) is 0.286. The van der Waals surface area contributed by atoms with E-state index in [0.717, 1.165) is 53.4 Å². The van der Waals surface area contributed by atoms with Crippen molar-refractivity contribution in [3.63, 3.8) is 0 Å². The molecular formula is C28H30N4O2S. The summed E-state index contributed by atoms with van der Waals surface area (Å²) in [5.41, 5.74) is 4.00. The third-order valence-electron chi connectivity index (χ3n) is 6.45. The Kier molecular flexibility index (Phi) is 7.25. The lowest BCUT2D eigenvalue weighted by Crippen LogP contribution is -2.38. The summed E-state index contributed by atoms with van der Waals surface area (Å²) in [6.07, 6.45) is 2.90. The number of aromatic hydroxyl groups is 1. The Balaban J connectivity index is 1.12. The molecule has 35 heavy (non-hydrogen) atoms. The van der Waals surface area contributed by atoms with Gasteiger partial charge in [-0.05, 0) is 60.7 Å². The van der Waals surface area contributed by atoms with Gasteiger partial charge in [-0.2, -0.15) is 0 Å². The SMILES string of the molecule is O=C(NCCc1ccc(O)cc1)c1ccc2nc(NC3CCN(Cc4ccccc4)CC3)sc2c1. The molecule has 6 nitrogen and oxygen atoms in total. The van der Waals surface area contributed by atoms with Crippen molar-refractivity contribution in [2.24, 2.45) is 0 Å². The number of benzene rings is 3. The molecule has 1 aromatic heterocycles. The molecule has 0 aliphatic carbocycles. The average Bonchev–Trinajstić information content (AvgIpc) is 3.28. The number of hydrogen-bond donors (Lipinski definition) is 3. The first-order valence-corrected chi connectivity index (χ1v) is 12.9. The lowest BCUT2D eigenvalue weighted by atomic mass is 10.0. The molecule has 3 N–H and O–H groups in total. The molecule has 4 aromatic rings. The van der Waals surface area contributed by atoms with Crippen LogP contribution in [0.4, 0.5) is 5.13 Å². The summed E-state index contributed by atoms with van der Waals surface area (Å²) in [7, 11) is 0. The molecule has 7 heteroatoms. The van der Waals surface area contributed by atoms with E-state index in [4.69, 9.17) is 4.98 Å². The molecule has 5 rings (SSSR count). The maximum Gasteiger partial charge on any atom is 0.251 e. The summed E-state index contributed by atoms with van der Waals surface area (Å²) in [5.74, 6) is 0.164. The van der Waals surface area contributed by atoms with Crippen LogP contribution >= 0.6 is 11.3 Å². The number of carbonyl (C=O) groups excluding carboxylic acids is 1. The highest BCUT2D eigenvalue weighted by Crippen LogP contribution is 2.29. The molecule has 1 amide bonds. The minimum atomic E-state index is -0.0839. The molecule has 0 atom stereocenters. The number of nitrogens with zero attached hydrogens (tertiary/aromatic N) is 2. The molecule has 0 spiro atoms. The largest absolute Gasteiger partial charge is 0.508 e. The van der Waals surface area contributed by atoms with E-state index in [0.29, 0.717) is 24.6 Å². The van der Waals surface area contributed by atoms with E-state index in [1.54, 1.807) is 23.5 Å². The van der Waals surface area contributed by atoms with Crippen molar-refractivity contribution in [2.75, 3.05) is 25.0 Å². The van der Waals surface area contributed by atoms with Crippen LogP contribution < -0.4 is 10.6 Å². The molecule has 0 radical (unpaired) electrons. The Labute approximate surface area is 209 Å². The predicted molar refractivity (Wildman–Crippen MR) is 142 cm³/mol. The number of rotatable bonds is 8. The van der Waals surface area contributed by atoms with Gasteiger partial charge in [0.05, 0.1) is 10.2 Å². The highest BCUT2D eigenvalue weighted by atomic mass is 32.1. The van der Waals surface area contributed by atoms with Crippen LogP contribution in [-0.2, 0) is 13.0 Å². The van der Waals surface area contributed by atoms with Crippen LogP contribution in [0.5, 0.6) is 5.75 Å². The predicted octanol–water partition coefficient (Wildman–Crippen LogP) is 5.05. The first-order valence-electron chi connectivity index (χ1n) is 12.1. The lowest BCUT2D eigenvalue weighted by Gasteiger charge is -2.32. The van der Waals surface area contributed by atoms with Gasteiger partial charge in [-0.1, -0.05) is 53.8 Å². The van der Waals surface area contributed by atoms with Crippen LogP contribution in [0.1, 0.15) is 34.3 Å². The topological polar surface area (TPSA) is 77.5 Å². The summed E-state index contributed by atoms with van der Waals surface area (Å²) in [4.78, 5) is 19.9. The van der Waals surface area contributed by atoms with Gasteiger partial charge in [-0.25, -0.2) is 4.98 Å². The van der Waals surface area contributed by atoms with Crippen LogP contribution in [0.15, 0.2) is 72.8 Å². The van der Waals surface area contributed by atoms with Crippen LogP contribution in [-0.4, -0.2) is 46.6 Å². The van der Waals surface area contributed by atoms with Crippen molar-refractivity contribution in [3.8, 4) is 5.75 Å². The molecule has 1 saturated heterocycles. The van der Waals surface area contributed by atoms with Crippen molar-refractivity contribution in [1.29, 1.82) is 0 Å². The van der Waals surface area contributed by atoms with E-state index in [1.807, 2.05) is 30.3 Å². The van der Waals surface area contributed by atoms with Gasteiger partial charge in [0.2, 0.25) is 0 Å². The van der Waals surface area contributed by atoms with Crippen molar-refractivity contribution in [1.82, 2.24) is 15.2 Å². The van der Waals surface area contributed by atoms with Crippen LogP contribution in [0.25, 0.3) is 10.2 Å². The Hall–Kier alpha value is -3.42. The Morgan fingerprint density at radius 2 is 1.77 bits per heavy atom. The van der Waals surface area contributed by atoms with E-state index >= 15 is 0 Å². The maximum absolute atomic E-state index is 12.6. The maximum atomic E-state index is 12.6. The second-order valence-electron chi connectivity index (χ2n) is 9.05. The van der Waals surface area contributed by atoms with Gasteiger partial charge in [0, 0.05) is 37.8 Å². The van der Waals surface area contributed by atoms with Crippen LogP contribution in [0.3, 0.4) is 0 Å². The average molecular weight is 487 g/mol. The van der Waals surface area contributed by atoms with Crippen LogP contribution in [0, 0.1) is 0 Å². The number of phenols is 1. The van der Waals surface area contributed by atoms with E-state index in [2.05, 4.69) is 45.9 Å². The molecule has 2 heterocycles. The highest BCUT2D eigenvalue weighted by Gasteiger charge is 2.20. The number of piperidine rings is 1. The molecule has 1 fully saturated rings. The molecule has 0 bridgehead atoms. The van der Waals surface area contributed by atoms with E-state index in [9.17, 15) is 9.90 Å². The number of aromatic nitrogens is 1. The van der Waals surface area contributed by atoms with E-state index in [1.165, 1.54) is 5.56 Å². The number of nitrogens with one attached hydrogen (secondary N) is 2. The number of phenolic OH excluding ortho intramolecular Hbond substituents is 1. The fourth-order valence-corrected chi connectivity index (χ4v) is 5.45. The second-order valence-corrected chi connectivity index (χ2v) is 10.1. The Bertz CT molecular complexity index is 1270. The summed E-state index contributed by atoms with van der Waals surface area (Å²) >= 11 is 1.61. The summed E-state index contributed by atoms with van der Waals surface area (Å²) in [6.45, 7) is 3.70.